The van der Waals surface area contributed by atoms with Gasteiger partial charge in [-0.25, -0.2) is 0 Å². The average molecular weight is 432 g/mol. The molecule has 0 saturated heterocycles. The van der Waals surface area contributed by atoms with Gasteiger partial charge in [0, 0.05) is 0 Å². The van der Waals surface area contributed by atoms with Crippen LogP contribution >= 0.6 is 0 Å². The number of aliphatic hydroxyl groups excluding tert-OH is 2. The van der Waals surface area contributed by atoms with E-state index in [-0.39, 0.29) is 12.2 Å². The van der Waals surface area contributed by atoms with Crippen LogP contribution in [0.3, 0.4) is 0 Å². The van der Waals surface area contributed by atoms with E-state index in [4.69, 9.17) is 0 Å². The summed E-state index contributed by atoms with van der Waals surface area (Å²) in [6.45, 7) is 11.1. The van der Waals surface area contributed by atoms with Crippen LogP contribution in [0.5, 0.6) is 0 Å². The van der Waals surface area contributed by atoms with E-state index < -0.39 is 0 Å². The quantitative estimate of drug-likeness (QED) is 0.629. The van der Waals surface area contributed by atoms with Crippen LogP contribution < -0.4 is 0 Å². The number of aliphatic hydroxyl groups is 2. The molecule has 0 bridgehead atoms. The van der Waals surface area contributed by atoms with E-state index in [9.17, 15) is 10.2 Å². The summed E-state index contributed by atoms with van der Waals surface area (Å²) in [7, 11) is 4.34. The molecule has 2 spiro atoms. The van der Waals surface area contributed by atoms with E-state index in [2.05, 4.69) is 46.7 Å². The minimum absolute atomic E-state index is 0.0772. The zero-order valence-corrected chi connectivity index (χ0v) is 21.1. The smallest absolute Gasteiger partial charge is 0.0579 e. The van der Waals surface area contributed by atoms with Crippen molar-refractivity contribution in [2.45, 2.75) is 97.7 Å². The first kappa shape index (κ1) is 22.7. The van der Waals surface area contributed by atoms with Gasteiger partial charge in [-0.1, -0.05) is 27.7 Å². The molecule has 5 aliphatic carbocycles. The van der Waals surface area contributed by atoms with Gasteiger partial charge in [-0.15, -0.1) is 0 Å². The molecule has 5 saturated carbocycles. The molecule has 12 atom stereocenters. The van der Waals surface area contributed by atoms with E-state index in [0.29, 0.717) is 39.9 Å². The number of rotatable bonds is 5. The minimum atomic E-state index is -0.102. The Morgan fingerprint density at radius 2 is 1.58 bits per heavy atom. The summed E-state index contributed by atoms with van der Waals surface area (Å²) in [4.78, 5) is 2.29. The van der Waals surface area contributed by atoms with Crippen LogP contribution in [0.4, 0.5) is 0 Å². The molecule has 0 amide bonds. The molecular weight excluding hydrogens is 382 g/mol. The van der Waals surface area contributed by atoms with E-state index in [0.717, 1.165) is 37.1 Å². The summed E-state index contributed by atoms with van der Waals surface area (Å²) in [6.07, 6.45) is 11.0. The van der Waals surface area contributed by atoms with Gasteiger partial charge in [0.05, 0.1) is 12.2 Å². The molecule has 0 heterocycles. The Kier molecular flexibility index (Phi) is 5.44. The molecule has 0 aromatic carbocycles. The summed E-state index contributed by atoms with van der Waals surface area (Å²) in [5, 5.41) is 22.0. The van der Waals surface area contributed by atoms with Gasteiger partial charge in [0.25, 0.3) is 0 Å². The Morgan fingerprint density at radius 3 is 2.29 bits per heavy atom. The second-order valence-electron chi connectivity index (χ2n) is 13.4. The standard InChI is InChI=1S/C28H49NO2/c1-17(8-7-15-29(5)6)25-24(31)16-22-21-10-9-20-18(2)23(30)11-12-27(20)19(3)28(21,27)14-13-26(22,25)4/h17-25,30-31H,7-16H2,1-6H3. The molecule has 0 aliphatic heterocycles. The second kappa shape index (κ2) is 7.44. The van der Waals surface area contributed by atoms with E-state index in [1.165, 1.54) is 44.9 Å². The molecule has 0 aromatic rings. The predicted octanol–water partition coefficient (Wildman–Crippen LogP) is 5.20. The normalized spacial score (nSPS) is 56.4. The van der Waals surface area contributed by atoms with E-state index in [1.807, 2.05) is 0 Å². The molecule has 5 rings (SSSR count). The number of hydrogen-bond donors (Lipinski definition) is 2. The average Bonchev–Trinajstić information content (AvgIpc) is 3.10. The molecule has 31 heavy (non-hydrogen) atoms. The van der Waals surface area contributed by atoms with Crippen molar-refractivity contribution in [3.63, 3.8) is 0 Å². The van der Waals surface area contributed by atoms with Crippen LogP contribution in [0, 0.1) is 57.7 Å². The summed E-state index contributed by atoms with van der Waals surface area (Å²) in [5.41, 5.74) is 1.36. The van der Waals surface area contributed by atoms with E-state index in [1.54, 1.807) is 0 Å². The molecule has 0 radical (unpaired) electrons. The first-order valence-corrected chi connectivity index (χ1v) is 13.6. The maximum absolute atomic E-state index is 11.4. The lowest BCUT2D eigenvalue weighted by Gasteiger charge is -2.57. The fraction of sp³-hybridized carbons (Fsp3) is 1.00. The maximum Gasteiger partial charge on any atom is 0.0579 e. The van der Waals surface area contributed by atoms with Crippen LogP contribution in [0.15, 0.2) is 0 Å². The molecular formula is C28H49NO2. The lowest BCUT2D eigenvalue weighted by molar-refractivity contribution is -0.102. The molecule has 3 nitrogen and oxygen atoms in total. The van der Waals surface area contributed by atoms with Crippen LogP contribution in [-0.2, 0) is 0 Å². The number of fused-ring (bicyclic) bond motifs is 2. The fourth-order valence-electron chi connectivity index (χ4n) is 11.3. The van der Waals surface area contributed by atoms with Crippen molar-refractivity contribution in [1.82, 2.24) is 4.90 Å². The number of hydrogen-bond acceptors (Lipinski definition) is 3. The summed E-state index contributed by atoms with van der Waals surface area (Å²) in [5.74, 6) is 4.65. The largest absolute Gasteiger partial charge is 0.393 e. The zero-order chi connectivity index (χ0) is 22.3. The zero-order valence-electron chi connectivity index (χ0n) is 21.1. The molecule has 5 fully saturated rings. The minimum Gasteiger partial charge on any atom is -0.393 e. The third-order valence-electron chi connectivity index (χ3n) is 12.5. The molecule has 0 aromatic heterocycles. The van der Waals surface area contributed by atoms with Crippen molar-refractivity contribution in [1.29, 1.82) is 0 Å². The Morgan fingerprint density at radius 1 is 0.903 bits per heavy atom. The highest BCUT2D eigenvalue weighted by Crippen LogP contribution is 2.88. The van der Waals surface area contributed by atoms with E-state index >= 15 is 0 Å². The SMILES string of the molecule is CC(CCCN(C)C)C1C(O)CC2C3CCC4C(C)C(O)CCC45C(C)C35CCC21C. The monoisotopic (exact) mass is 431 g/mol. The highest BCUT2D eigenvalue weighted by Gasteiger charge is 2.83. The third kappa shape index (κ3) is 2.81. The molecule has 3 heteroatoms. The first-order chi connectivity index (χ1) is 14.6. The fourth-order valence-corrected chi connectivity index (χ4v) is 11.3. The third-order valence-corrected chi connectivity index (χ3v) is 12.5. The van der Waals surface area contributed by atoms with Gasteiger partial charge < -0.3 is 15.1 Å². The number of nitrogens with zero attached hydrogens (tertiary/aromatic N) is 1. The molecule has 178 valence electrons. The van der Waals surface area contributed by atoms with Crippen LogP contribution in [0.1, 0.15) is 85.5 Å². The van der Waals surface area contributed by atoms with Crippen molar-refractivity contribution in [2.75, 3.05) is 20.6 Å². The molecule has 5 aliphatic rings. The lowest BCUT2D eigenvalue weighted by Crippen LogP contribution is -2.51. The highest BCUT2D eigenvalue weighted by atomic mass is 16.3. The second-order valence-corrected chi connectivity index (χ2v) is 13.4. The van der Waals surface area contributed by atoms with Crippen molar-refractivity contribution >= 4 is 0 Å². The maximum atomic E-state index is 11.4. The Hall–Kier alpha value is -0.120. The Labute approximate surface area is 191 Å². The summed E-state index contributed by atoms with van der Waals surface area (Å²) < 4.78 is 0. The summed E-state index contributed by atoms with van der Waals surface area (Å²) in [6, 6.07) is 0. The Bertz CT molecular complexity index is 694. The van der Waals surface area contributed by atoms with Gasteiger partial charge in [-0.2, -0.15) is 0 Å². The molecule has 2 N–H and O–H groups in total. The van der Waals surface area contributed by atoms with Gasteiger partial charge in [0.2, 0.25) is 0 Å². The lowest BCUT2D eigenvalue weighted by atomic mass is 9.48. The van der Waals surface area contributed by atoms with Crippen molar-refractivity contribution in [2.24, 2.45) is 57.7 Å². The van der Waals surface area contributed by atoms with Gasteiger partial charge >= 0.3 is 0 Å². The van der Waals surface area contributed by atoms with Gasteiger partial charge in [0.1, 0.15) is 0 Å². The van der Waals surface area contributed by atoms with Crippen LogP contribution in [-0.4, -0.2) is 48.0 Å². The van der Waals surface area contributed by atoms with Gasteiger partial charge in [-0.05, 0) is 136 Å². The van der Waals surface area contributed by atoms with Crippen molar-refractivity contribution < 1.29 is 10.2 Å². The first-order valence-electron chi connectivity index (χ1n) is 13.6. The van der Waals surface area contributed by atoms with Crippen LogP contribution in [0.25, 0.3) is 0 Å². The Balaban J connectivity index is 1.39. The highest BCUT2D eigenvalue weighted by molar-refractivity contribution is 5.31. The molecule has 12 unspecified atom stereocenters. The van der Waals surface area contributed by atoms with Gasteiger partial charge in [0.15, 0.2) is 0 Å². The van der Waals surface area contributed by atoms with Crippen molar-refractivity contribution in [3.8, 4) is 0 Å². The van der Waals surface area contributed by atoms with Crippen LogP contribution in [0.2, 0.25) is 0 Å². The van der Waals surface area contributed by atoms with Gasteiger partial charge in [-0.3, -0.25) is 0 Å². The predicted molar refractivity (Wildman–Crippen MR) is 127 cm³/mol. The van der Waals surface area contributed by atoms with Crippen molar-refractivity contribution in [3.05, 3.63) is 0 Å². The summed E-state index contributed by atoms with van der Waals surface area (Å²) >= 11 is 0. The topological polar surface area (TPSA) is 43.7 Å².